The van der Waals surface area contributed by atoms with Gasteiger partial charge in [-0.2, -0.15) is 0 Å². The molecule has 0 aliphatic heterocycles. The van der Waals surface area contributed by atoms with Crippen molar-refractivity contribution in [1.82, 2.24) is 5.32 Å². The highest BCUT2D eigenvalue weighted by Gasteiger charge is 2.16. The lowest BCUT2D eigenvalue weighted by molar-refractivity contribution is -0.118. The van der Waals surface area contributed by atoms with E-state index in [0.29, 0.717) is 17.1 Å². The summed E-state index contributed by atoms with van der Waals surface area (Å²) in [7, 11) is 0. The molecule has 8 heteroatoms. The predicted molar refractivity (Wildman–Crippen MR) is 114 cm³/mol. The van der Waals surface area contributed by atoms with Crippen LogP contribution in [0, 0.1) is 0 Å². The van der Waals surface area contributed by atoms with Gasteiger partial charge in [-0.25, -0.2) is 4.79 Å². The first kappa shape index (κ1) is 22.7. The molecule has 0 saturated carbocycles. The third kappa shape index (κ3) is 8.64. The van der Waals surface area contributed by atoms with Gasteiger partial charge < -0.3 is 25.4 Å². The molecule has 0 spiro atoms. The molecule has 0 fully saturated rings. The number of amides is 3. The number of benzene rings is 2. The molecule has 2 aromatic carbocycles. The van der Waals surface area contributed by atoms with Crippen LogP contribution in [0.15, 0.2) is 54.6 Å². The van der Waals surface area contributed by atoms with Crippen LogP contribution in [0.25, 0.3) is 0 Å². The van der Waals surface area contributed by atoms with Gasteiger partial charge in [-0.15, -0.1) is 0 Å². The summed E-state index contributed by atoms with van der Waals surface area (Å²) in [6.45, 7) is 5.24. The highest BCUT2D eigenvalue weighted by atomic mass is 16.6. The zero-order chi connectivity index (χ0) is 22.0. The molecular weight excluding hydrogens is 386 g/mol. The van der Waals surface area contributed by atoms with Crippen LogP contribution in [-0.4, -0.2) is 36.7 Å². The number of carbonyl (C=O) groups is 3. The molecule has 160 valence electrons. The molecule has 3 amide bonds. The maximum absolute atomic E-state index is 12.2. The second-order valence-corrected chi connectivity index (χ2v) is 7.42. The Labute approximate surface area is 175 Å². The second kappa shape index (κ2) is 10.8. The Hall–Kier alpha value is -3.55. The van der Waals surface area contributed by atoms with Crippen LogP contribution in [0.1, 0.15) is 27.2 Å². The fourth-order valence-electron chi connectivity index (χ4n) is 2.36. The molecule has 0 unspecified atom stereocenters. The van der Waals surface area contributed by atoms with E-state index in [0.717, 1.165) is 0 Å². The first-order valence-electron chi connectivity index (χ1n) is 9.56. The third-order valence-electron chi connectivity index (χ3n) is 3.61. The van der Waals surface area contributed by atoms with Gasteiger partial charge in [0.2, 0.25) is 5.91 Å². The van der Waals surface area contributed by atoms with Crippen molar-refractivity contribution in [2.45, 2.75) is 32.8 Å². The Kier molecular flexibility index (Phi) is 8.22. The van der Waals surface area contributed by atoms with Crippen LogP contribution >= 0.6 is 0 Å². The molecule has 0 saturated heterocycles. The standard InChI is InChI=1S/C22H27N3O5/c1-22(2,3)30-21(28)23-14-13-19(26)24-17-11-7-8-12-18(17)25-20(27)15-29-16-9-5-4-6-10-16/h4-12H,13-15H2,1-3H3,(H,23,28)(H,24,26)(H,25,27). The predicted octanol–water partition coefficient (Wildman–Crippen LogP) is 3.56. The fraction of sp³-hybridized carbons (Fsp3) is 0.318. The summed E-state index contributed by atoms with van der Waals surface area (Å²) in [4.78, 5) is 36.0. The smallest absolute Gasteiger partial charge is 0.407 e. The summed E-state index contributed by atoms with van der Waals surface area (Å²) in [6.07, 6.45) is -0.528. The molecule has 8 nitrogen and oxygen atoms in total. The van der Waals surface area contributed by atoms with E-state index in [4.69, 9.17) is 9.47 Å². The molecule has 0 heterocycles. The molecule has 0 aromatic heterocycles. The van der Waals surface area contributed by atoms with E-state index in [-0.39, 0.29) is 31.4 Å². The van der Waals surface area contributed by atoms with E-state index < -0.39 is 11.7 Å². The van der Waals surface area contributed by atoms with Crippen LogP contribution in [-0.2, 0) is 14.3 Å². The fourth-order valence-corrected chi connectivity index (χ4v) is 2.36. The molecule has 0 aliphatic carbocycles. The average molecular weight is 413 g/mol. The van der Waals surface area contributed by atoms with Gasteiger partial charge in [0.05, 0.1) is 11.4 Å². The van der Waals surface area contributed by atoms with Crippen molar-refractivity contribution in [3.63, 3.8) is 0 Å². The van der Waals surface area contributed by atoms with Gasteiger partial charge in [0.25, 0.3) is 5.91 Å². The van der Waals surface area contributed by atoms with Crippen LogP contribution in [0.2, 0.25) is 0 Å². The summed E-state index contributed by atoms with van der Waals surface area (Å²) in [5, 5.41) is 7.97. The molecule has 3 N–H and O–H groups in total. The number of hydrogen-bond acceptors (Lipinski definition) is 5. The van der Waals surface area contributed by atoms with Gasteiger partial charge in [-0.3, -0.25) is 9.59 Å². The van der Waals surface area contributed by atoms with Crippen molar-refractivity contribution in [3.8, 4) is 5.75 Å². The molecule has 2 aromatic rings. The number of carbonyl (C=O) groups excluding carboxylic acids is 3. The van der Waals surface area contributed by atoms with Crippen LogP contribution < -0.4 is 20.7 Å². The minimum atomic E-state index is -0.603. The molecule has 0 radical (unpaired) electrons. The van der Waals surface area contributed by atoms with Crippen molar-refractivity contribution >= 4 is 29.3 Å². The Balaban J connectivity index is 1.81. The number of ether oxygens (including phenoxy) is 2. The van der Waals surface area contributed by atoms with E-state index in [2.05, 4.69) is 16.0 Å². The molecule has 2 rings (SSSR count). The molecule has 0 atom stereocenters. The maximum Gasteiger partial charge on any atom is 0.407 e. The highest BCUT2D eigenvalue weighted by molar-refractivity contribution is 6.00. The lowest BCUT2D eigenvalue weighted by Crippen LogP contribution is -2.34. The Morgan fingerprint density at radius 1 is 0.833 bits per heavy atom. The Bertz CT molecular complexity index is 863. The summed E-state index contributed by atoms with van der Waals surface area (Å²) < 4.78 is 10.5. The lowest BCUT2D eigenvalue weighted by atomic mass is 10.2. The van der Waals surface area contributed by atoms with Crippen molar-refractivity contribution < 1.29 is 23.9 Å². The largest absolute Gasteiger partial charge is 0.484 e. The Morgan fingerprint density at radius 2 is 1.40 bits per heavy atom. The zero-order valence-corrected chi connectivity index (χ0v) is 17.4. The zero-order valence-electron chi connectivity index (χ0n) is 17.4. The summed E-state index contributed by atoms with van der Waals surface area (Å²) in [6, 6.07) is 15.8. The molecular formula is C22H27N3O5. The Morgan fingerprint density at radius 3 is 2.00 bits per heavy atom. The van der Waals surface area contributed by atoms with Gasteiger partial charge in [-0.05, 0) is 45.0 Å². The number of rotatable bonds is 8. The van der Waals surface area contributed by atoms with Crippen molar-refractivity contribution in [2.75, 3.05) is 23.8 Å². The minimum absolute atomic E-state index is 0.0542. The SMILES string of the molecule is CC(C)(C)OC(=O)NCCC(=O)Nc1ccccc1NC(=O)COc1ccccc1. The number of alkyl carbamates (subject to hydrolysis) is 1. The van der Waals surface area contributed by atoms with Crippen molar-refractivity contribution in [3.05, 3.63) is 54.6 Å². The highest BCUT2D eigenvalue weighted by Crippen LogP contribution is 2.21. The third-order valence-corrected chi connectivity index (χ3v) is 3.61. The topological polar surface area (TPSA) is 106 Å². The van der Waals surface area contributed by atoms with Crippen molar-refractivity contribution in [2.24, 2.45) is 0 Å². The van der Waals surface area contributed by atoms with E-state index >= 15 is 0 Å². The monoisotopic (exact) mass is 413 g/mol. The number of para-hydroxylation sites is 3. The van der Waals surface area contributed by atoms with Crippen LogP contribution in [0.5, 0.6) is 5.75 Å². The number of hydrogen-bond donors (Lipinski definition) is 3. The van der Waals surface area contributed by atoms with E-state index in [1.807, 2.05) is 18.2 Å². The molecule has 0 aliphatic rings. The normalized spacial score (nSPS) is 10.6. The van der Waals surface area contributed by atoms with Gasteiger partial charge in [0.15, 0.2) is 6.61 Å². The summed E-state index contributed by atoms with van der Waals surface area (Å²) >= 11 is 0. The number of nitrogens with one attached hydrogen (secondary N) is 3. The van der Waals surface area contributed by atoms with Gasteiger partial charge >= 0.3 is 6.09 Å². The average Bonchev–Trinajstić information content (AvgIpc) is 2.67. The summed E-state index contributed by atoms with van der Waals surface area (Å²) in [5.74, 6) is -0.0767. The lowest BCUT2D eigenvalue weighted by Gasteiger charge is -2.19. The summed E-state index contributed by atoms with van der Waals surface area (Å²) in [5.41, 5.74) is 0.300. The first-order valence-corrected chi connectivity index (χ1v) is 9.56. The second-order valence-electron chi connectivity index (χ2n) is 7.42. The van der Waals surface area contributed by atoms with Gasteiger partial charge in [-0.1, -0.05) is 30.3 Å². The first-order chi connectivity index (χ1) is 14.2. The van der Waals surface area contributed by atoms with E-state index in [1.165, 1.54) is 0 Å². The van der Waals surface area contributed by atoms with Crippen molar-refractivity contribution in [1.29, 1.82) is 0 Å². The number of anilines is 2. The van der Waals surface area contributed by atoms with Gasteiger partial charge in [0.1, 0.15) is 11.4 Å². The van der Waals surface area contributed by atoms with E-state index in [9.17, 15) is 14.4 Å². The molecule has 0 bridgehead atoms. The quantitative estimate of drug-likeness (QED) is 0.614. The molecule has 30 heavy (non-hydrogen) atoms. The van der Waals surface area contributed by atoms with Crippen LogP contribution in [0.3, 0.4) is 0 Å². The van der Waals surface area contributed by atoms with Gasteiger partial charge in [0, 0.05) is 13.0 Å². The van der Waals surface area contributed by atoms with E-state index in [1.54, 1.807) is 57.2 Å². The van der Waals surface area contributed by atoms with Crippen LogP contribution in [0.4, 0.5) is 16.2 Å². The maximum atomic E-state index is 12.2. The minimum Gasteiger partial charge on any atom is -0.484 e.